The predicted molar refractivity (Wildman–Crippen MR) is 84.3 cm³/mol. The highest BCUT2D eigenvalue weighted by molar-refractivity contribution is 7.80. The van der Waals surface area contributed by atoms with Crippen molar-refractivity contribution in [3.8, 4) is 0 Å². The van der Waals surface area contributed by atoms with Gasteiger partial charge in [-0.25, -0.2) is 0 Å². The van der Waals surface area contributed by atoms with E-state index in [0.717, 1.165) is 44.4 Å². The maximum Gasteiger partial charge on any atom is 0.169 e. The zero-order chi connectivity index (χ0) is 13.7. The molecule has 0 radical (unpaired) electrons. The Morgan fingerprint density at radius 1 is 1.16 bits per heavy atom. The van der Waals surface area contributed by atoms with E-state index in [2.05, 4.69) is 53.2 Å². The lowest BCUT2D eigenvalue weighted by Gasteiger charge is -2.36. The van der Waals surface area contributed by atoms with Crippen molar-refractivity contribution < 1.29 is 0 Å². The predicted octanol–water partition coefficient (Wildman–Crippen LogP) is 2.01. The summed E-state index contributed by atoms with van der Waals surface area (Å²) in [6.45, 7) is 10.4. The van der Waals surface area contributed by atoms with Crippen LogP contribution >= 0.6 is 12.2 Å². The highest BCUT2D eigenvalue weighted by Crippen LogP contribution is 2.09. The van der Waals surface area contributed by atoms with Crippen molar-refractivity contribution in [3.05, 3.63) is 35.4 Å². The van der Waals surface area contributed by atoms with Crippen LogP contribution in [-0.2, 0) is 6.54 Å². The number of hydrogen-bond donors (Lipinski definition) is 1. The first-order chi connectivity index (χ1) is 9.19. The summed E-state index contributed by atoms with van der Waals surface area (Å²) in [7, 11) is 0. The van der Waals surface area contributed by atoms with Gasteiger partial charge < -0.3 is 10.2 Å². The van der Waals surface area contributed by atoms with Gasteiger partial charge in [0, 0.05) is 39.3 Å². The van der Waals surface area contributed by atoms with Crippen LogP contribution in [0.2, 0.25) is 0 Å². The zero-order valence-corrected chi connectivity index (χ0v) is 12.7. The molecule has 2 rings (SSSR count). The molecule has 1 aliphatic rings. The van der Waals surface area contributed by atoms with Gasteiger partial charge >= 0.3 is 0 Å². The van der Waals surface area contributed by atoms with Crippen molar-refractivity contribution in [1.29, 1.82) is 0 Å². The van der Waals surface area contributed by atoms with Crippen LogP contribution in [0.3, 0.4) is 0 Å². The van der Waals surface area contributed by atoms with Crippen LogP contribution in [0, 0.1) is 6.92 Å². The van der Waals surface area contributed by atoms with Crippen molar-refractivity contribution in [2.75, 3.05) is 32.7 Å². The van der Waals surface area contributed by atoms with Crippen LogP contribution in [0.5, 0.6) is 0 Å². The fraction of sp³-hybridized carbons (Fsp3) is 0.533. The number of hydrogen-bond acceptors (Lipinski definition) is 2. The first-order valence-electron chi connectivity index (χ1n) is 6.99. The Morgan fingerprint density at radius 3 is 2.37 bits per heavy atom. The van der Waals surface area contributed by atoms with Crippen molar-refractivity contribution in [1.82, 2.24) is 15.1 Å². The molecule has 1 fully saturated rings. The van der Waals surface area contributed by atoms with Crippen molar-refractivity contribution in [2.24, 2.45) is 0 Å². The van der Waals surface area contributed by atoms with Crippen molar-refractivity contribution in [3.63, 3.8) is 0 Å². The van der Waals surface area contributed by atoms with Crippen LogP contribution in [0.4, 0.5) is 0 Å². The van der Waals surface area contributed by atoms with Crippen LogP contribution in [0.25, 0.3) is 0 Å². The second kappa shape index (κ2) is 6.87. The number of aryl methyl sites for hydroxylation is 1. The molecule has 0 spiro atoms. The summed E-state index contributed by atoms with van der Waals surface area (Å²) in [4.78, 5) is 4.76. The Labute approximate surface area is 121 Å². The largest absolute Gasteiger partial charge is 0.363 e. The quantitative estimate of drug-likeness (QED) is 0.852. The third-order valence-electron chi connectivity index (χ3n) is 3.51. The molecule has 1 heterocycles. The van der Waals surface area contributed by atoms with Gasteiger partial charge in [-0.05, 0) is 31.6 Å². The third kappa shape index (κ3) is 4.18. The van der Waals surface area contributed by atoms with Gasteiger partial charge in [0.05, 0.1) is 0 Å². The monoisotopic (exact) mass is 277 g/mol. The summed E-state index contributed by atoms with van der Waals surface area (Å²) in [6, 6.07) is 8.83. The van der Waals surface area contributed by atoms with E-state index >= 15 is 0 Å². The van der Waals surface area contributed by atoms with Gasteiger partial charge in [-0.3, -0.25) is 4.90 Å². The molecule has 0 saturated carbocycles. The van der Waals surface area contributed by atoms with Gasteiger partial charge in [0.2, 0.25) is 0 Å². The molecule has 19 heavy (non-hydrogen) atoms. The van der Waals surface area contributed by atoms with Gasteiger partial charge in [0.25, 0.3) is 0 Å². The smallest absolute Gasteiger partial charge is 0.169 e. The highest BCUT2D eigenvalue weighted by Gasteiger charge is 2.18. The van der Waals surface area contributed by atoms with E-state index in [1.807, 2.05) is 0 Å². The molecule has 1 saturated heterocycles. The number of thiocarbonyl (C=S) groups is 1. The third-order valence-corrected chi connectivity index (χ3v) is 3.92. The molecular formula is C15H23N3S. The summed E-state index contributed by atoms with van der Waals surface area (Å²) in [5.41, 5.74) is 2.72. The fourth-order valence-corrected chi connectivity index (χ4v) is 2.65. The standard InChI is InChI=1S/C15H23N3S/c1-3-16-15(19)18-10-8-17(9-11-18)12-14-6-4-13(2)5-7-14/h4-7H,3,8-12H2,1-2H3,(H,16,19). The minimum absolute atomic E-state index is 0.900. The second-order valence-corrected chi connectivity index (χ2v) is 5.47. The molecule has 1 N–H and O–H groups in total. The van der Waals surface area contributed by atoms with Gasteiger partial charge in [-0.2, -0.15) is 0 Å². The average Bonchev–Trinajstić information content (AvgIpc) is 2.42. The first kappa shape index (κ1) is 14.3. The molecule has 4 heteroatoms. The number of rotatable bonds is 3. The molecule has 3 nitrogen and oxygen atoms in total. The molecule has 1 aliphatic heterocycles. The van der Waals surface area contributed by atoms with E-state index in [1.165, 1.54) is 11.1 Å². The van der Waals surface area contributed by atoms with Crippen molar-refractivity contribution in [2.45, 2.75) is 20.4 Å². The minimum atomic E-state index is 0.900. The van der Waals surface area contributed by atoms with E-state index in [4.69, 9.17) is 12.2 Å². The summed E-state index contributed by atoms with van der Waals surface area (Å²) in [6.07, 6.45) is 0. The lowest BCUT2D eigenvalue weighted by Crippen LogP contribution is -2.51. The first-order valence-corrected chi connectivity index (χ1v) is 7.40. The van der Waals surface area contributed by atoms with Crippen LogP contribution < -0.4 is 5.32 Å². The molecular weight excluding hydrogens is 254 g/mol. The van der Waals surface area contributed by atoms with E-state index in [-0.39, 0.29) is 0 Å². The van der Waals surface area contributed by atoms with E-state index in [1.54, 1.807) is 0 Å². The Kier molecular flexibility index (Phi) is 5.16. The maximum atomic E-state index is 5.35. The number of nitrogens with one attached hydrogen (secondary N) is 1. The Bertz CT molecular complexity index is 408. The van der Waals surface area contributed by atoms with E-state index < -0.39 is 0 Å². The number of benzene rings is 1. The molecule has 1 aromatic carbocycles. The van der Waals surface area contributed by atoms with Gasteiger partial charge in [-0.1, -0.05) is 29.8 Å². The Morgan fingerprint density at radius 2 is 1.79 bits per heavy atom. The minimum Gasteiger partial charge on any atom is -0.363 e. The SMILES string of the molecule is CCNC(=S)N1CCN(Cc2ccc(C)cc2)CC1. The van der Waals surface area contributed by atoms with Crippen LogP contribution in [-0.4, -0.2) is 47.6 Å². The van der Waals surface area contributed by atoms with Crippen LogP contribution in [0.1, 0.15) is 18.1 Å². The van der Waals surface area contributed by atoms with Crippen molar-refractivity contribution >= 4 is 17.3 Å². The normalized spacial score (nSPS) is 16.4. The molecule has 0 amide bonds. The van der Waals surface area contributed by atoms with Gasteiger partial charge in [-0.15, -0.1) is 0 Å². The second-order valence-electron chi connectivity index (χ2n) is 5.08. The lowest BCUT2D eigenvalue weighted by molar-refractivity contribution is 0.174. The maximum absolute atomic E-state index is 5.35. The molecule has 0 aliphatic carbocycles. The number of nitrogens with zero attached hydrogens (tertiary/aromatic N) is 2. The summed E-state index contributed by atoms with van der Waals surface area (Å²) >= 11 is 5.35. The molecule has 0 atom stereocenters. The van der Waals surface area contributed by atoms with Crippen LogP contribution in [0.15, 0.2) is 24.3 Å². The molecule has 0 unspecified atom stereocenters. The van der Waals surface area contributed by atoms with E-state index in [0.29, 0.717) is 0 Å². The number of piperazine rings is 1. The summed E-state index contributed by atoms with van der Waals surface area (Å²) < 4.78 is 0. The van der Waals surface area contributed by atoms with Gasteiger partial charge in [0.15, 0.2) is 5.11 Å². The fourth-order valence-electron chi connectivity index (χ4n) is 2.32. The lowest BCUT2D eigenvalue weighted by atomic mass is 10.1. The Balaban J connectivity index is 1.80. The average molecular weight is 277 g/mol. The molecule has 0 bridgehead atoms. The van der Waals surface area contributed by atoms with Gasteiger partial charge in [0.1, 0.15) is 0 Å². The molecule has 104 valence electrons. The Hall–Kier alpha value is -1.13. The molecule has 0 aromatic heterocycles. The molecule has 1 aromatic rings. The zero-order valence-electron chi connectivity index (χ0n) is 11.9. The highest BCUT2D eigenvalue weighted by atomic mass is 32.1. The van der Waals surface area contributed by atoms with E-state index in [9.17, 15) is 0 Å². The topological polar surface area (TPSA) is 18.5 Å². The summed E-state index contributed by atoms with van der Waals surface area (Å²) in [5, 5.41) is 4.13. The summed E-state index contributed by atoms with van der Waals surface area (Å²) in [5.74, 6) is 0.